The van der Waals surface area contributed by atoms with Crippen LogP contribution in [-0.2, 0) is 17.6 Å². The first-order valence-electron chi connectivity index (χ1n) is 22.3. The molecule has 0 radical (unpaired) electrons. The van der Waals surface area contributed by atoms with Crippen molar-refractivity contribution in [1.29, 1.82) is 0 Å². The highest BCUT2D eigenvalue weighted by Crippen LogP contribution is 2.68. The Hall–Kier alpha value is -3.75. The summed E-state index contributed by atoms with van der Waals surface area (Å²) in [5, 5.41) is 8.35. The summed E-state index contributed by atoms with van der Waals surface area (Å²) >= 11 is 0. The smallest absolute Gasteiger partial charge is 0.111 e. The van der Waals surface area contributed by atoms with Gasteiger partial charge in [-0.15, -0.1) is 0 Å². The number of hydrogen-bond donors (Lipinski definition) is 3. The van der Waals surface area contributed by atoms with Gasteiger partial charge in [0.2, 0.25) is 0 Å². The van der Waals surface area contributed by atoms with Gasteiger partial charge in [0.15, 0.2) is 0 Å². The Labute approximate surface area is 332 Å². The summed E-state index contributed by atoms with van der Waals surface area (Å²) in [5.74, 6) is 0.995. The normalized spacial score (nSPS) is 35.0. The van der Waals surface area contributed by atoms with E-state index in [0.717, 1.165) is 45.3 Å². The van der Waals surface area contributed by atoms with Gasteiger partial charge in [0.05, 0.1) is 23.4 Å². The molecule has 0 amide bonds. The van der Waals surface area contributed by atoms with E-state index in [-0.39, 0.29) is 23.2 Å². The van der Waals surface area contributed by atoms with E-state index in [1.807, 2.05) is 6.20 Å². The Balaban J connectivity index is 1.04. The molecule has 3 N–H and O–H groups in total. The van der Waals surface area contributed by atoms with Crippen LogP contribution in [-0.4, -0.2) is 81.8 Å². The number of epoxide rings is 1. The van der Waals surface area contributed by atoms with E-state index in [4.69, 9.17) is 9.72 Å². The lowest BCUT2D eigenvalue weighted by Crippen LogP contribution is -2.70. The molecular weight excluding hydrogens is 689 g/mol. The van der Waals surface area contributed by atoms with Crippen molar-refractivity contribution in [2.75, 3.05) is 39.3 Å². The third kappa shape index (κ3) is 5.86. The molecule has 3 fully saturated rings. The number of benzene rings is 2. The maximum atomic E-state index is 7.55. The van der Waals surface area contributed by atoms with Crippen LogP contribution in [0, 0.1) is 17.3 Å². The molecule has 3 aromatic heterocycles. The van der Waals surface area contributed by atoms with Crippen LogP contribution in [0.2, 0.25) is 0 Å². The highest BCUT2D eigenvalue weighted by Gasteiger charge is 2.76. The van der Waals surface area contributed by atoms with E-state index in [9.17, 15) is 0 Å². The summed E-state index contributed by atoms with van der Waals surface area (Å²) < 4.78 is 7.55. The van der Waals surface area contributed by atoms with E-state index >= 15 is 0 Å². The second-order valence-electron chi connectivity index (χ2n) is 18.3. The molecule has 7 heteroatoms. The zero-order valence-corrected chi connectivity index (χ0v) is 33.2. The average Bonchev–Trinajstić information content (AvgIpc) is 3.64. The minimum absolute atomic E-state index is 0.132. The summed E-state index contributed by atoms with van der Waals surface area (Å²) in [7, 11) is 0. The van der Waals surface area contributed by atoms with Crippen molar-refractivity contribution in [3.05, 3.63) is 102 Å². The molecule has 11 rings (SSSR count). The molecule has 6 aliphatic rings. The first kappa shape index (κ1) is 35.4. The van der Waals surface area contributed by atoms with Gasteiger partial charge in [-0.2, -0.15) is 0 Å². The Morgan fingerprint density at radius 3 is 2.45 bits per heavy atom. The van der Waals surface area contributed by atoms with Gasteiger partial charge >= 0.3 is 0 Å². The van der Waals surface area contributed by atoms with Gasteiger partial charge in [0, 0.05) is 82.5 Å². The molecule has 292 valence electrons. The molecule has 2 aromatic carbocycles. The number of H-pyrrole nitrogens is 2. The standard InChI is InChI=1S/C49H60N6O/c1-3-7-15-27-51-47-48(25-13-5-1)33-54-29-16-8-4-2-6-14-26-49(47)46(56-49)42(38(48)23-30-54)45-44-37(35-18-10-12-20-40(35)53-44)22-31-55(45)32-24-41-43-36(21-28-50-41)34-17-9-11-19-39(34)52-43/h1-2,5-6,9-12,17-21,28,38,42,45-47,51-53H,3-4,7-8,13-16,22-27,29-33H2/b5-1-,6-2-/t38-,42+,45-,46-,47+,48-,49-/m0/s1. The molecular formula is C49H60N6O. The summed E-state index contributed by atoms with van der Waals surface area (Å²) in [4.78, 5) is 18.7. The predicted molar refractivity (Wildman–Crippen MR) is 228 cm³/mol. The minimum Gasteiger partial charge on any atom is -0.364 e. The Morgan fingerprint density at radius 1 is 0.768 bits per heavy atom. The van der Waals surface area contributed by atoms with Crippen LogP contribution in [0.5, 0.6) is 0 Å². The number of allylic oxidation sites excluding steroid dienone is 4. The van der Waals surface area contributed by atoms with Crippen molar-refractivity contribution in [3.63, 3.8) is 0 Å². The Kier molecular flexibility index (Phi) is 9.21. The lowest BCUT2D eigenvalue weighted by Gasteiger charge is -2.61. The number of piperidine rings is 1. The number of aromatic amines is 2. The fourth-order valence-electron chi connectivity index (χ4n) is 13.0. The lowest BCUT2D eigenvalue weighted by atomic mass is 9.49. The molecule has 1 aliphatic carbocycles. The van der Waals surface area contributed by atoms with E-state index in [0.29, 0.717) is 17.9 Å². The topological polar surface area (TPSA) is 75.5 Å². The fraction of sp³-hybridized carbons (Fsp3) is 0.531. The van der Waals surface area contributed by atoms with Gasteiger partial charge in [0.25, 0.3) is 0 Å². The SMILES string of the molecule is C1=C\CC[C@]23CN4CCCC/C=C\CC[C@@]5(O[C@H]5[C@@H]([C@H]5c6[nH]c7ccccc7c6CCN5CCc5nccc6c5[nH]c5ccccc56)[C@@H]2CC4)[C@@H]3NCCCC/1. The van der Waals surface area contributed by atoms with Crippen molar-refractivity contribution >= 4 is 32.7 Å². The van der Waals surface area contributed by atoms with Crippen molar-refractivity contribution in [1.82, 2.24) is 30.1 Å². The van der Waals surface area contributed by atoms with E-state index in [2.05, 4.69) is 104 Å². The van der Waals surface area contributed by atoms with Crippen LogP contribution < -0.4 is 5.32 Å². The van der Waals surface area contributed by atoms with Crippen LogP contribution in [0.1, 0.15) is 93.6 Å². The predicted octanol–water partition coefficient (Wildman–Crippen LogP) is 9.41. The second kappa shape index (κ2) is 14.6. The molecule has 5 aliphatic heterocycles. The first-order valence-corrected chi connectivity index (χ1v) is 22.3. The van der Waals surface area contributed by atoms with Crippen LogP contribution in [0.3, 0.4) is 0 Å². The third-order valence-electron chi connectivity index (χ3n) is 15.4. The number of para-hydroxylation sites is 2. The zero-order valence-electron chi connectivity index (χ0n) is 33.2. The molecule has 56 heavy (non-hydrogen) atoms. The number of pyridine rings is 1. The van der Waals surface area contributed by atoms with Crippen LogP contribution in [0.4, 0.5) is 0 Å². The lowest BCUT2D eigenvalue weighted by molar-refractivity contribution is -0.0931. The van der Waals surface area contributed by atoms with Gasteiger partial charge in [-0.05, 0) is 126 Å². The molecule has 8 atom stereocenters. The monoisotopic (exact) mass is 748 g/mol. The number of fused-ring (bicyclic) bond motifs is 7. The maximum absolute atomic E-state index is 7.55. The van der Waals surface area contributed by atoms with Crippen molar-refractivity contribution in [2.45, 2.75) is 107 Å². The number of aromatic nitrogens is 3. The summed E-state index contributed by atoms with van der Waals surface area (Å²) in [5.41, 5.74) is 7.91. The fourth-order valence-corrected chi connectivity index (χ4v) is 13.0. The molecule has 1 saturated carbocycles. The van der Waals surface area contributed by atoms with E-state index in [1.54, 1.807) is 5.56 Å². The van der Waals surface area contributed by atoms with Gasteiger partial charge in [-0.3, -0.25) is 9.88 Å². The molecule has 2 saturated heterocycles. The first-order chi connectivity index (χ1) is 27.7. The molecule has 3 bridgehead atoms. The average molecular weight is 749 g/mol. The van der Waals surface area contributed by atoms with Crippen LogP contribution in [0.25, 0.3) is 32.7 Å². The quantitative estimate of drug-likeness (QED) is 0.126. The largest absolute Gasteiger partial charge is 0.364 e. The number of ether oxygens (including phenoxy) is 1. The number of nitrogens with zero attached hydrogens (tertiary/aromatic N) is 3. The highest BCUT2D eigenvalue weighted by atomic mass is 16.6. The van der Waals surface area contributed by atoms with Crippen molar-refractivity contribution in [3.8, 4) is 0 Å². The number of rotatable bonds is 4. The van der Waals surface area contributed by atoms with Crippen molar-refractivity contribution in [2.24, 2.45) is 17.3 Å². The van der Waals surface area contributed by atoms with Crippen LogP contribution >= 0.6 is 0 Å². The van der Waals surface area contributed by atoms with Gasteiger partial charge in [0.1, 0.15) is 5.60 Å². The molecule has 1 unspecified atom stereocenters. The van der Waals surface area contributed by atoms with Gasteiger partial charge in [-0.25, -0.2) is 0 Å². The Bertz CT molecular complexity index is 2270. The zero-order chi connectivity index (χ0) is 37.1. The number of nitrogens with one attached hydrogen (secondary N) is 3. The number of hydrogen-bond acceptors (Lipinski definition) is 5. The maximum Gasteiger partial charge on any atom is 0.111 e. The third-order valence-corrected chi connectivity index (χ3v) is 15.4. The van der Waals surface area contributed by atoms with E-state index in [1.165, 1.54) is 122 Å². The summed E-state index contributed by atoms with van der Waals surface area (Å²) in [6.45, 7) is 6.77. The van der Waals surface area contributed by atoms with E-state index < -0.39 is 0 Å². The van der Waals surface area contributed by atoms with Gasteiger partial charge in [-0.1, -0.05) is 60.7 Å². The summed E-state index contributed by atoms with van der Waals surface area (Å²) in [6, 6.07) is 20.7. The molecule has 5 aromatic rings. The minimum atomic E-state index is -0.132. The van der Waals surface area contributed by atoms with Crippen molar-refractivity contribution < 1.29 is 4.74 Å². The second-order valence-corrected chi connectivity index (χ2v) is 18.3. The van der Waals surface area contributed by atoms with Crippen LogP contribution in [0.15, 0.2) is 85.1 Å². The molecule has 7 nitrogen and oxygen atoms in total. The highest BCUT2D eigenvalue weighted by molar-refractivity contribution is 6.07. The summed E-state index contributed by atoms with van der Waals surface area (Å²) in [6.07, 6.45) is 27.7. The molecule has 2 spiro atoms. The molecule has 8 heterocycles. The Morgan fingerprint density at radius 2 is 1.55 bits per heavy atom. The van der Waals surface area contributed by atoms with Gasteiger partial charge < -0.3 is 24.9 Å².